The van der Waals surface area contributed by atoms with Gasteiger partial charge in [-0.2, -0.15) is 23.0 Å². The summed E-state index contributed by atoms with van der Waals surface area (Å²) in [7, 11) is 1.87. The maximum absolute atomic E-state index is 13.3. The van der Waals surface area contributed by atoms with Gasteiger partial charge in [0.2, 0.25) is 0 Å². The van der Waals surface area contributed by atoms with Gasteiger partial charge in [0.05, 0.1) is 5.56 Å². The van der Waals surface area contributed by atoms with E-state index in [4.69, 9.17) is 0 Å². The minimum absolute atomic E-state index is 0.183. The summed E-state index contributed by atoms with van der Waals surface area (Å²) in [4.78, 5) is 27.9. The number of hydrogen-bond acceptors (Lipinski definition) is 4. The monoisotopic (exact) mass is 434 g/mol. The van der Waals surface area contributed by atoms with Crippen molar-refractivity contribution in [2.45, 2.75) is 38.5 Å². The van der Waals surface area contributed by atoms with Crippen LogP contribution in [-0.4, -0.2) is 57.6 Å². The van der Waals surface area contributed by atoms with Gasteiger partial charge in [0, 0.05) is 38.8 Å². The number of ketones is 1. The van der Waals surface area contributed by atoms with Crippen molar-refractivity contribution < 1.29 is 22.8 Å². The highest BCUT2D eigenvalue weighted by molar-refractivity contribution is 5.92. The fraction of sp³-hybridized carbons (Fsp3) is 0.500. The third-order valence-corrected chi connectivity index (χ3v) is 6.51. The normalized spacial score (nSPS) is 23.4. The summed E-state index contributed by atoms with van der Waals surface area (Å²) in [5, 5.41) is 4.04. The molecule has 9 heteroatoms. The lowest BCUT2D eigenvalue weighted by atomic mass is 10.0. The van der Waals surface area contributed by atoms with Crippen LogP contribution >= 0.6 is 0 Å². The van der Waals surface area contributed by atoms with E-state index in [1.54, 1.807) is 11.0 Å². The van der Waals surface area contributed by atoms with Crippen LogP contribution in [0.2, 0.25) is 0 Å². The molecule has 1 aromatic carbocycles. The summed E-state index contributed by atoms with van der Waals surface area (Å²) < 4.78 is 41.1. The zero-order valence-corrected chi connectivity index (χ0v) is 17.5. The molecule has 1 saturated carbocycles. The second kappa shape index (κ2) is 8.11. The minimum Gasteiger partial charge on any atom is -0.322 e. The van der Waals surface area contributed by atoms with Crippen LogP contribution < -0.4 is 0 Å². The maximum Gasteiger partial charge on any atom is 0.416 e. The Labute approximate surface area is 178 Å². The van der Waals surface area contributed by atoms with Crippen molar-refractivity contribution >= 4 is 11.8 Å². The third kappa shape index (κ3) is 4.37. The summed E-state index contributed by atoms with van der Waals surface area (Å²) in [6.45, 7) is 2.84. The maximum atomic E-state index is 13.3. The fourth-order valence-electron chi connectivity index (χ4n) is 4.88. The summed E-state index contributed by atoms with van der Waals surface area (Å²) in [5.74, 6) is 0.442. The van der Waals surface area contributed by atoms with E-state index in [2.05, 4.69) is 5.10 Å². The van der Waals surface area contributed by atoms with Crippen LogP contribution in [-0.2, 0) is 12.7 Å². The van der Waals surface area contributed by atoms with Gasteiger partial charge in [0.25, 0.3) is 0 Å². The van der Waals surface area contributed by atoms with Crippen molar-refractivity contribution in [2.75, 3.05) is 20.1 Å². The van der Waals surface area contributed by atoms with Crippen LogP contribution in [0.5, 0.6) is 0 Å². The van der Waals surface area contributed by atoms with E-state index in [9.17, 15) is 22.8 Å². The van der Waals surface area contributed by atoms with E-state index in [1.165, 1.54) is 36.0 Å². The number of alkyl halides is 3. The molecule has 0 spiro atoms. The van der Waals surface area contributed by atoms with Crippen molar-refractivity contribution in [1.82, 2.24) is 19.6 Å². The van der Waals surface area contributed by atoms with Gasteiger partial charge in [0.1, 0.15) is 5.69 Å². The molecular weight excluding hydrogens is 409 g/mol. The topological polar surface area (TPSA) is 58.4 Å². The zero-order chi connectivity index (χ0) is 22.3. The van der Waals surface area contributed by atoms with E-state index in [-0.39, 0.29) is 35.7 Å². The molecule has 2 fully saturated rings. The smallest absolute Gasteiger partial charge is 0.322 e. The lowest BCUT2D eigenvalue weighted by Crippen LogP contribution is -2.36. The van der Waals surface area contributed by atoms with Crippen LogP contribution in [0.3, 0.4) is 0 Å². The SMILES string of the molecule is CC(=O)c1ccn(C(=O)N2C[C@H]3CC(N(C)Cc4ccccc4C(F)(F)F)C[C@H]3C2)n1. The number of likely N-dealkylation sites (tertiary alicyclic amines) is 1. The van der Waals surface area contributed by atoms with Gasteiger partial charge in [-0.25, -0.2) is 4.79 Å². The van der Waals surface area contributed by atoms with Gasteiger partial charge >= 0.3 is 12.2 Å². The molecule has 2 heterocycles. The molecule has 1 amide bonds. The van der Waals surface area contributed by atoms with Crippen LogP contribution in [0, 0.1) is 11.8 Å². The quantitative estimate of drug-likeness (QED) is 0.685. The van der Waals surface area contributed by atoms with Gasteiger partial charge < -0.3 is 4.90 Å². The Morgan fingerprint density at radius 3 is 2.35 bits per heavy atom. The number of carbonyl (C=O) groups excluding carboxylic acids is 2. The molecule has 3 atom stereocenters. The molecule has 2 aromatic rings. The molecular formula is C22H25F3N4O2. The van der Waals surface area contributed by atoms with Crippen LogP contribution in [0.4, 0.5) is 18.0 Å². The van der Waals surface area contributed by atoms with E-state index in [0.717, 1.165) is 18.9 Å². The van der Waals surface area contributed by atoms with Gasteiger partial charge in [-0.3, -0.25) is 9.69 Å². The zero-order valence-electron chi connectivity index (χ0n) is 17.5. The number of hydrogen-bond donors (Lipinski definition) is 0. The number of fused-ring (bicyclic) bond motifs is 1. The first-order valence-corrected chi connectivity index (χ1v) is 10.3. The van der Waals surface area contributed by atoms with Gasteiger partial charge in [-0.1, -0.05) is 18.2 Å². The molecule has 0 bridgehead atoms. The number of Topliss-reactive ketones (excluding diaryl/α,β-unsaturated/α-hetero) is 1. The third-order valence-electron chi connectivity index (χ3n) is 6.51. The van der Waals surface area contributed by atoms with Crippen molar-refractivity contribution in [3.63, 3.8) is 0 Å². The second-order valence-corrected chi connectivity index (χ2v) is 8.60. The van der Waals surface area contributed by atoms with Gasteiger partial charge in [-0.05, 0) is 49.4 Å². The van der Waals surface area contributed by atoms with Crippen molar-refractivity contribution in [3.8, 4) is 0 Å². The molecule has 0 N–H and O–H groups in total. The molecule has 1 unspecified atom stereocenters. The average Bonchev–Trinajstić information content (AvgIpc) is 3.41. The van der Waals surface area contributed by atoms with Crippen LogP contribution in [0.15, 0.2) is 36.5 Å². The summed E-state index contributed by atoms with van der Waals surface area (Å²) >= 11 is 0. The van der Waals surface area contributed by atoms with Crippen molar-refractivity contribution in [3.05, 3.63) is 53.3 Å². The van der Waals surface area contributed by atoms with E-state index >= 15 is 0 Å². The highest BCUT2D eigenvalue weighted by atomic mass is 19.4. The standard InChI is InChI=1S/C22H25F3N4O2/c1-14(30)20-7-8-29(26-20)21(31)28-12-16-9-18(10-17(16)13-28)27(2)11-15-5-3-4-6-19(15)22(23,24)25/h3-8,16-18H,9-13H2,1-2H3/t16-,17+,18?. The first-order chi connectivity index (χ1) is 14.6. The number of benzene rings is 1. The number of amides is 1. The predicted molar refractivity (Wildman–Crippen MR) is 108 cm³/mol. The van der Waals surface area contributed by atoms with Crippen LogP contribution in [0.1, 0.15) is 41.4 Å². The summed E-state index contributed by atoms with van der Waals surface area (Å²) in [6.07, 6.45) is -1.17. The lowest BCUT2D eigenvalue weighted by molar-refractivity contribution is -0.138. The van der Waals surface area contributed by atoms with E-state index in [1.807, 2.05) is 11.9 Å². The Hall–Kier alpha value is -2.68. The van der Waals surface area contributed by atoms with E-state index in [0.29, 0.717) is 24.9 Å². The van der Waals surface area contributed by atoms with Crippen molar-refractivity contribution in [1.29, 1.82) is 0 Å². The largest absolute Gasteiger partial charge is 0.416 e. The lowest BCUT2D eigenvalue weighted by Gasteiger charge is -2.27. The van der Waals surface area contributed by atoms with Gasteiger partial charge in [-0.15, -0.1) is 0 Å². The Morgan fingerprint density at radius 2 is 1.77 bits per heavy atom. The Bertz CT molecular complexity index is 973. The fourth-order valence-corrected chi connectivity index (χ4v) is 4.88. The number of nitrogens with zero attached hydrogens (tertiary/aromatic N) is 4. The first kappa shape index (κ1) is 21.5. The average molecular weight is 434 g/mol. The molecule has 6 nitrogen and oxygen atoms in total. The van der Waals surface area contributed by atoms with Crippen molar-refractivity contribution in [2.24, 2.45) is 11.8 Å². The number of carbonyl (C=O) groups is 2. The Kier molecular flexibility index (Phi) is 5.63. The first-order valence-electron chi connectivity index (χ1n) is 10.3. The summed E-state index contributed by atoms with van der Waals surface area (Å²) in [6, 6.07) is 7.18. The number of aromatic nitrogens is 2. The highest BCUT2D eigenvalue weighted by Crippen LogP contribution is 2.41. The molecule has 1 aliphatic heterocycles. The Morgan fingerprint density at radius 1 is 1.13 bits per heavy atom. The molecule has 1 aliphatic carbocycles. The molecule has 4 rings (SSSR count). The predicted octanol–water partition coefficient (Wildman–Crippen LogP) is 3.92. The second-order valence-electron chi connectivity index (χ2n) is 8.60. The summed E-state index contributed by atoms with van der Waals surface area (Å²) in [5.41, 5.74) is -0.0409. The minimum atomic E-state index is -4.36. The van der Waals surface area contributed by atoms with Crippen LogP contribution in [0.25, 0.3) is 0 Å². The molecule has 0 radical (unpaired) electrons. The number of halogens is 3. The molecule has 2 aliphatic rings. The molecule has 1 saturated heterocycles. The van der Waals surface area contributed by atoms with Gasteiger partial charge in [0.15, 0.2) is 5.78 Å². The number of rotatable bonds is 4. The molecule has 1 aromatic heterocycles. The van der Waals surface area contributed by atoms with E-state index < -0.39 is 11.7 Å². The molecule has 166 valence electrons. The Balaban J connectivity index is 1.36. The molecule has 31 heavy (non-hydrogen) atoms. The highest BCUT2D eigenvalue weighted by Gasteiger charge is 2.44.